The first-order valence-electron chi connectivity index (χ1n) is 8.36. The summed E-state index contributed by atoms with van der Waals surface area (Å²) >= 11 is 1.88. The third-order valence-corrected chi connectivity index (χ3v) is 6.18. The zero-order valence-corrected chi connectivity index (χ0v) is 14.6. The van der Waals surface area contributed by atoms with Gasteiger partial charge in [0, 0.05) is 25.6 Å². The molecule has 0 nitrogen and oxygen atoms in total. The second-order valence-corrected chi connectivity index (χ2v) is 7.37. The Hall–Kier alpha value is -2.90. The van der Waals surface area contributed by atoms with Gasteiger partial charge in [-0.1, -0.05) is 67.8 Å². The SMILES string of the molecule is C=Cc1ccc2ccc3sc4c5ccccc5c(C=C)cc4c3c2c1. The van der Waals surface area contributed by atoms with Crippen LogP contribution < -0.4 is 0 Å². The molecule has 0 spiro atoms. The predicted molar refractivity (Wildman–Crippen MR) is 115 cm³/mol. The highest BCUT2D eigenvalue weighted by atomic mass is 32.1. The van der Waals surface area contributed by atoms with E-state index in [4.69, 9.17) is 0 Å². The Labute approximate surface area is 150 Å². The van der Waals surface area contributed by atoms with Crippen LogP contribution in [0.1, 0.15) is 11.1 Å². The first-order valence-corrected chi connectivity index (χ1v) is 9.17. The summed E-state index contributed by atoms with van der Waals surface area (Å²) in [6.45, 7) is 7.96. The highest BCUT2D eigenvalue weighted by molar-refractivity contribution is 7.26. The molecule has 0 N–H and O–H groups in total. The van der Waals surface area contributed by atoms with Crippen molar-refractivity contribution in [2.75, 3.05) is 0 Å². The lowest BCUT2D eigenvalue weighted by Crippen LogP contribution is -1.80. The van der Waals surface area contributed by atoms with Gasteiger partial charge in [0.05, 0.1) is 0 Å². The van der Waals surface area contributed by atoms with Crippen molar-refractivity contribution in [3.63, 3.8) is 0 Å². The number of rotatable bonds is 2. The fourth-order valence-corrected chi connectivity index (χ4v) is 5.00. The molecule has 4 aromatic carbocycles. The topological polar surface area (TPSA) is 0 Å². The molecule has 0 unspecified atom stereocenters. The summed E-state index contributed by atoms with van der Waals surface area (Å²) in [4.78, 5) is 0. The van der Waals surface area contributed by atoms with E-state index in [2.05, 4.69) is 73.8 Å². The smallest absolute Gasteiger partial charge is 0.0434 e. The van der Waals surface area contributed by atoms with Crippen LogP contribution in [0, 0.1) is 0 Å². The van der Waals surface area contributed by atoms with Crippen LogP contribution in [0.5, 0.6) is 0 Å². The van der Waals surface area contributed by atoms with Crippen molar-refractivity contribution in [1.29, 1.82) is 0 Å². The lowest BCUT2D eigenvalue weighted by atomic mass is 9.97. The molecule has 0 fully saturated rings. The fourth-order valence-electron chi connectivity index (χ4n) is 3.76. The summed E-state index contributed by atoms with van der Waals surface area (Å²) in [7, 11) is 0. The van der Waals surface area contributed by atoms with Crippen LogP contribution in [-0.2, 0) is 0 Å². The largest absolute Gasteiger partial charge is 0.135 e. The van der Waals surface area contributed by atoms with Gasteiger partial charge >= 0.3 is 0 Å². The molecule has 25 heavy (non-hydrogen) atoms. The molecule has 0 aliphatic carbocycles. The summed E-state index contributed by atoms with van der Waals surface area (Å²) in [6, 6.07) is 21.9. The minimum atomic E-state index is 1.16. The van der Waals surface area contributed by atoms with Crippen molar-refractivity contribution in [3.05, 3.63) is 84.9 Å². The second-order valence-electron chi connectivity index (χ2n) is 6.32. The van der Waals surface area contributed by atoms with Crippen LogP contribution in [-0.4, -0.2) is 0 Å². The van der Waals surface area contributed by atoms with Gasteiger partial charge in [0.2, 0.25) is 0 Å². The van der Waals surface area contributed by atoms with Crippen molar-refractivity contribution in [2.24, 2.45) is 0 Å². The maximum atomic E-state index is 4.03. The Bertz CT molecular complexity index is 1320. The molecule has 5 rings (SSSR count). The van der Waals surface area contributed by atoms with Crippen LogP contribution >= 0.6 is 11.3 Å². The molecule has 0 saturated carbocycles. The fraction of sp³-hybridized carbons (Fsp3) is 0. The number of benzene rings is 4. The first kappa shape index (κ1) is 14.4. The number of fused-ring (bicyclic) bond motifs is 7. The zero-order chi connectivity index (χ0) is 17.0. The average Bonchev–Trinajstić information content (AvgIpc) is 3.06. The van der Waals surface area contributed by atoms with E-state index in [1.165, 1.54) is 47.3 Å². The van der Waals surface area contributed by atoms with Crippen LogP contribution in [0.15, 0.2) is 73.8 Å². The van der Waals surface area contributed by atoms with E-state index in [1.54, 1.807) is 0 Å². The van der Waals surface area contributed by atoms with Gasteiger partial charge in [-0.05, 0) is 45.5 Å². The van der Waals surface area contributed by atoms with Gasteiger partial charge < -0.3 is 0 Å². The van der Waals surface area contributed by atoms with Gasteiger partial charge in [0.25, 0.3) is 0 Å². The van der Waals surface area contributed by atoms with Gasteiger partial charge in [-0.2, -0.15) is 0 Å². The van der Waals surface area contributed by atoms with Gasteiger partial charge in [-0.3, -0.25) is 0 Å². The molecule has 0 saturated heterocycles. The molecule has 1 aromatic heterocycles. The third kappa shape index (κ3) is 2.00. The van der Waals surface area contributed by atoms with Crippen molar-refractivity contribution in [1.82, 2.24) is 0 Å². The standard InChI is InChI=1S/C24H16S/c1-3-15-9-10-17-11-12-22-23(20(17)13-15)21-14-16(4-2)18-7-5-6-8-19(18)24(21)25-22/h3-14H,1-2H2. The van der Waals surface area contributed by atoms with Crippen LogP contribution in [0.4, 0.5) is 0 Å². The third-order valence-electron chi connectivity index (χ3n) is 4.97. The Morgan fingerprint density at radius 3 is 2.32 bits per heavy atom. The van der Waals surface area contributed by atoms with Crippen molar-refractivity contribution >= 4 is 65.2 Å². The lowest BCUT2D eigenvalue weighted by molar-refractivity contribution is 1.75. The van der Waals surface area contributed by atoms with E-state index < -0.39 is 0 Å². The molecule has 5 aromatic rings. The van der Waals surface area contributed by atoms with E-state index in [0.29, 0.717) is 0 Å². The molecule has 0 aliphatic rings. The second kappa shape index (κ2) is 5.30. The Morgan fingerprint density at radius 2 is 1.52 bits per heavy atom. The van der Waals surface area contributed by atoms with E-state index in [1.807, 2.05) is 23.5 Å². The average molecular weight is 336 g/mol. The summed E-state index contributed by atoms with van der Waals surface area (Å²) in [5, 5.41) is 7.81. The maximum Gasteiger partial charge on any atom is 0.0434 e. The van der Waals surface area contributed by atoms with Crippen molar-refractivity contribution in [3.8, 4) is 0 Å². The maximum absolute atomic E-state index is 4.03. The predicted octanol–water partition coefficient (Wildman–Crippen LogP) is 7.65. The Balaban J connectivity index is 2.08. The summed E-state index contributed by atoms with van der Waals surface area (Å²) in [6.07, 6.45) is 3.88. The first-order chi connectivity index (χ1) is 12.3. The van der Waals surface area contributed by atoms with E-state index in [0.717, 1.165) is 5.56 Å². The molecule has 0 amide bonds. The minimum absolute atomic E-state index is 1.16. The molecule has 0 aliphatic heterocycles. The molecule has 0 radical (unpaired) electrons. The minimum Gasteiger partial charge on any atom is -0.135 e. The van der Waals surface area contributed by atoms with Gasteiger partial charge in [0.15, 0.2) is 0 Å². The van der Waals surface area contributed by atoms with Crippen molar-refractivity contribution in [2.45, 2.75) is 0 Å². The van der Waals surface area contributed by atoms with Crippen LogP contribution in [0.2, 0.25) is 0 Å². The van der Waals surface area contributed by atoms with E-state index in [-0.39, 0.29) is 0 Å². The molecular weight excluding hydrogens is 320 g/mol. The van der Waals surface area contributed by atoms with E-state index >= 15 is 0 Å². The van der Waals surface area contributed by atoms with Gasteiger partial charge in [0.1, 0.15) is 0 Å². The zero-order valence-electron chi connectivity index (χ0n) is 13.8. The molecule has 0 bridgehead atoms. The number of hydrogen-bond donors (Lipinski definition) is 0. The monoisotopic (exact) mass is 336 g/mol. The lowest BCUT2D eigenvalue weighted by Gasteiger charge is -2.06. The molecule has 0 atom stereocenters. The number of thiophene rings is 1. The van der Waals surface area contributed by atoms with E-state index in [9.17, 15) is 0 Å². The van der Waals surface area contributed by atoms with Crippen LogP contribution in [0.3, 0.4) is 0 Å². The Kier molecular flexibility index (Phi) is 3.06. The van der Waals surface area contributed by atoms with Crippen LogP contribution in [0.25, 0.3) is 53.9 Å². The van der Waals surface area contributed by atoms with Gasteiger partial charge in [-0.25, -0.2) is 0 Å². The summed E-state index contributed by atoms with van der Waals surface area (Å²) in [5.74, 6) is 0. The molecular formula is C24H16S. The molecule has 118 valence electrons. The molecule has 1 heteroatoms. The Morgan fingerprint density at radius 1 is 0.720 bits per heavy atom. The molecule has 1 heterocycles. The normalized spacial score (nSPS) is 11.5. The summed E-state index contributed by atoms with van der Waals surface area (Å²) < 4.78 is 2.68. The summed E-state index contributed by atoms with van der Waals surface area (Å²) in [5.41, 5.74) is 2.35. The van der Waals surface area contributed by atoms with Crippen molar-refractivity contribution < 1.29 is 0 Å². The quantitative estimate of drug-likeness (QED) is 0.310. The van der Waals surface area contributed by atoms with Gasteiger partial charge in [-0.15, -0.1) is 11.3 Å². The highest BCUT2D eigenvalue weighted by Crippen LogP contribution is 2.43. The highest BCUT2D eigenvalue weighted by Gasteiger charge is 2.13. The number of hydrogen-bond acceptors (Lipinski definition) is 1.